The average molecular weight is 321 g/mol. The highest BCUT2D eigenvalue weighted by atomic mass is 35.5. The SMILES string of the molecule is CC(OC(=O)N1CC2(CCCCC2C)OC1=O)N(C)C.Cl. The van der Waals surface area contributed by atoms with Gasteiger partial charge in [0.05, 0.1) is 6.54 Å². The highest BCUT2D eigenvalue weighted by molar-refractivity contribution is 5.89. The van der Waals surface area contributed by atoms with E-state index < -0.39 is 17.8 Å². The maximum absolute atomic E-state index is 12.1. The lowest BCUT2D eigenvalue weighted by Gasteiger charge is -2.36. The van der Waals surface area contributed by atoms with Gasteiger partial charge in [-0.05, 0) is 46.2 Å². The van der Waals surface area contributed by atoms with Gasteiger partial charge in [0, 0.05) is 0 Å². The van der Waals surface area contributed by atoms with Crippen molar-refractivity contribution in [2.24, 2.45) is 5.92 Å². The minimum atomic E-state index is -0.620. The Morgan fingerprint density at radius 1 is 1.48 bits per heavy atom. The number of halogens is 1. The van der Waals surface area contributed by atoms with Gasteiger partial charge < -0.3 is 9.47 Å². The number of carbonyl (C=O) groups excluding carboxylic acids is 2. The Kier molecular flexibility index (Phi) is 5.87. The normalized spacial score (nSPS) is 30.0. The summed E-state index contributed by atoms with van der Waals surface area (Å²) in [5, 5.41) is 0. The van der Waals surface area contributed by atoms with Crippen LogP contribution in [-0.2, 0) is 9.47 Å². The lowest BCUT2D eigenvalue weighted by atomic mass is 9.76. The lowest BCUT2D eigenvalue weighted by Crippen LogP contribution is -2.45. The summed E-state index contributed by atoms with van der Waals surface area (Å²) < 4.78 is 10.8. The number of nitrogens with zero attached hydrogens (tertiary/aromatic N) is 2. The molecular formula is C14H25ClN2O4. The smallest absolute Gasteiger partial charge is 0.421 e. The van der Waals surface area contributed by atoms with Gasteiger partial charge >= 0.3 is 12.2 Å². The molecule has 7 heteroatoms. The van der Waals surface area contributed by atoms with E-state index in [1.165, 1.54) is 0 Å². The largest absolute Gasteiger partial charge is 0.440 e. The van der Waals surface area contributed by atoms with Crippen LogP contribution in [0.1, 0.15) is 39.5 Å². The van der Waals surface area contributed by atoms with Crippen molar-refractivity contribution in [2.75, 3.05) is 20.6 Å². The number of imide groups is 1. The fourth-order valence-electron chi connectivity index (χ4n) is 2.82. The Labute approximate surface area is 132 Å². The van der Waals surface area contributed by atoms with Crippen LogP contribution in [0.2, 0.25) is 0 Å². The number of ether oxygens (including phenoxy) is 2. The van der Waals surface area contributed by atoms with E-state index in [9.17, 15) is 9.59 Å². The second kappa shape index (κ2) is 6.83. The zero-order chi connectivity index (χ0) is 14.9. The molecule has 0 bridgehead atoms. The van der Waals surface area contributed by atoms with Crippen LogP contribution in [0, 0.1) is 5.92 Å². The number of amides is 2. The third kappa shape index (κ3) is 3.61. The van der Waals surface area contributed by atoms with Crippen LogP contribution >= 0.6 is 12.4 Å². The quantitative estimate of drug-likeness (QED) is 0.732. The fourth-order valence-corrected chi connectivity index (χ4v) is 2.82. The van der Waals surface area contributed by atoms with Crippen LogP contribution in [0.5, 0.6) is 0 Å². The highest BCUT2D eigenvalue weighted by Gasteiger charge is 2.52. The lowest BCUT2D eigenvalue weighted by molar-refractivity contribution is -0.0163. The predicted octanol–water partition coefficient (Wildman–Crippen LogP) is 2.85. The Morgan fingerprint density at radius 3 is 2.71 bits per heavy atom. The van der Waals surface area contributed by atoms with Crippen LogP contribution in [0.25, 0.3) is 0 Å². The van der Waals surface area contributed by atoms with Crippen molar-refractivity contribution in [3.05, 3.63) is 0 Å². The van der Waals surface area contributed by atoms with Gasteiger partial charge in [-0.1, -0.05) is 13.3 Å². The van der Waals surface area contributed by atoms with Crippen molar-refractivity contribution >= 4 is 24.6 Å². The van der Waals surface area contributed by atoms with Gasteiger partial charge in [-0.15, -0.1) is 12.4 Å². The molecule has 2 fully saturated rings. The summed E-state index contributed by atoms with van der Waals surface area (Å²) in [6, 6.07) is 0. The predicted molar refractivity (Wildman–Crippen MR) is 80.4 cm³/mol. The van der Waals surface area contributed by atoms with Gasteiger partial charge in [-0.2, -0.15) is 0 Å². The van der Waals surface area contributed by atoms with E-state index in [0.29, 0.717) is 6.54 Å². The molecular weight excluding hydrogens is 296 g/mol. The summed E-state index contributed by atoms with van der Waals surface area (Å²) in [4.78, 5) is 26.9. The summed E-state index contributed by atoms with van der Waals surface area (Å²) in [7, 11) is 3.62. The van der Waals surface area contributed by atoms with Gasteiger partial charge in [0.15, 0.2) is 6.23 Å². The second-order valence-corrected chi connectivity index (χ2v) is 6.11. The van der Waals surface area contributed by atoms with E-state index in [-0.39, 0.29) is 24.6 Å². The second-order valence-electron chi connectivity index (χ2n) is 6.11. The Hall–Kier alpha value is -1.01. The molecule has 1 heterocycles. The van der Waals surface area contributed by atoms with E-state index in [2.05, 4.69) is 6.92 Å². The summed E-state index contributed by atoms with van der Waals surface area (Å²) >= 11 is 0. The van der Waals surface area contributed by atoms with Crippen molar-refractivity contribution in [3.63, 3.8) is 0 Å². The third-order valence-corrected chi connectivity index (χ3v) is 4.54. The molecule has 2 rings (SSSR count). The topological polar surface area (TPSA) is 59.1 Å². The van der Waals surface area contributed by atoms with Crippen LogP contribution < -0.4 is 0 Å². The van der Waals surface area contributed by atoms with Crippen LogP contribution in [0.15, 0.2) is 0 Å². The minimum absolute atomic E-state index is 0. The monoisotopic (exact) mass is 320 g/mol. The molecule has 2 amide bonds. The first-order valence-electron chi connectivity index (χ1n) is 7.23. The summed E-state index contributed by atoms with van der Waals surface area (Å²) in [6.45, 7) is 4.16. The van der Waals surface area contributed by atoms with E-state index in [0.717, 1.165) is 30.6 Å². The summed E-state index contributed by atoms with van der Waals surface area (Å²) in [6.07, 6.45) is 2.48. The number of rotatable bonds is 2. The molecule has 21 heavy (non-hydrogen) atoms. The van der Waals surface area contributed by atoms with Gasteiger partial charge in [0.1, 0.15) is 5.60 Å². The Balaban J connectivity index is 0.00000220. The number of carbonyl (C=O) groups is 2. The van der Waals surface area contributed by atoms with Gasteiger partial charge in [-0.3, -0.25) is 4.90 Å². The molecule has 0 radical (unpaired) electrons. The van der Waals surface area contributed by atoms with E-state index >= 15 is 0 Å². The minimum Gasteiger partial charge on any atom is -0.440 e. The third-order valence-electron chi connectivity index (χ3n) is 4.54. The molecule has 1 saturated heterocycles. The van der Waals surface area contributed by atoms with Crippen molar-refractivity contribution < 1.29 is 19.1 Å². The maximum atomic E-state index is 12.1. The summed E-state index contributed by atoms with van der Waals surface area (Å²) in [5.74, 6) is 0.282. The maximum Gasteiger partial charge on any atom is 0.421 e. The standard InChI is InChI=1S/C14H24N2O4.ClH/c1-10-7-5-6-8-14(10)9-16(13(18)20-14)12(17)19-11(2)15(3)4;/h10-11H,5-9H2,1-4H3;1H. The number of hydrogen-bond acceptors (Lipinski definition) is 5. The van der Waals surface area contributed by atoms with E-state index in [1.54, 1.807) is 11.8 Å². The first-order valence-corrected chi connectivity index (χ1v) is 7.23. The van der Waals surface area contributed by atoms with Crippen molar-refractivity contribution in [3.8, 4) is 0 Å². The molecule has 1 aliphatic heterocycles. The van der Waals surface area contributed by atoms with E-state index in [4.69, 9.17) is 9.47 Å². The average Bonchev–Trinajstić information content (AvgIpc) is 2.71. The highest BCUT2D eigenvalue weighted by Crippen LogP contribution is 2.41. The Bertz CT molecular complexity index is 404. The van der Waals surface area contributed by atoms with Crippen molar-refractivity contribution in [2.45, 2.75) is 51.4 Å². The molecule has 0 aromatic carbocycles. The summed E-state index contributed by atoms with van der Waals surface area (Å²) in [5.41, 5.74) is -0.504. The zero-order valence-electron chi connectivity index (χ0n) is 13.1. The molecule has 3 atom stereocenters. The van der Waals surface area contributed by atoms with E-state index in [1.807, 2.05) is 14.1 Å². The molecule has 122 valence electrons. The molecule has 0 aromatic heterocycles. The first kappa shape index (κ1) is 18.0. The van der Waals surface area contributed by atoms with Crippen molar-refractivity contribution in [1.82, 2.24) is 9.80 Å². The molecule has 0 aromatic rings. The van der Waals surface area contributed by atoms with Crippen LogP contribution in [-0.4, -0.2) is 54.5 Å². The van der Waals surface area contributed by atoms with Crippen LogP contribution in [0.3, 0.4) is 0 Å². The zero-order valence-corrected chi connectivity index (χ0v) is 13.9. The van der Waals surface area contributed by atoms with Gasteiger partial charge in [-0.25, -0.2) is 14.5 Å². The van der Waals surface area contributed by atoms with Gasteiger partial charge in [0.2, 0.25) is 0 Å². The fraction of sp³-hybridized carbons (Fsp3) is 0.857. The Morgan fingerprint density at radius 2 is 2.14 bits per heavy atom. The molecule has 1 aliphatic carbocycles. The molecule has 3 unspecified atom stereocenters. The van der Waals surface area contributed by atoms with Crippen LogP contribution in [0.4, 0.5) is 9.59 Å². The molecule has 6 nitrogen and oxygen atoms in total. The number of hydrogen-bond donors (Lipinski definition) is 0. The molecule has 2 aliphatic rings. The molecule has 0 N–H and O–H groups in total. The van der Waals surface area contributed by atoms with Gasteiger partial charge in [0.25, 0.3) is 0 Å². The molecule has 1 saturated carbocycles. The van der Waals surface area contributed by atoms with Crippen molar-refractivity contribution in [1.29, 1.82) is 0 Å². The molecule has 1 spiro atoms. The first-order chi connectivity index (χ1) is 9.35.